The Morgan fingerprint density at radius 3 is 2.90 bits per heavy atom. The topological polar surface area (TPSA) is 27.0 Å². The highest BCUT2D eigenvalue weighted by atomic mass is 19.1. The molecule has 2 nitrogen and oxygen atoms in total. The van der Waals surface area contributed by atoms with E-state index in [-0.39, 0.29) is 5.56 Å². The van der Waals surface area contributed by atoms with Crippen molar-refractivity contribution >= 4 is 5.69 Å². The highest BCUT2D eigenvalue weighted by molar-refractivity contribution is 5.56. The summed E-state index contributed by atoms with van der Waals surface area (Å²) in [6.07, 6.45) is 2.21. The summed E-state index contributed by atoms with van der Waals surface area (Å²) in [5.74, 6) is -0.451. The number of halogens is 1. The van der Waals surface area contributed by atoms with Gasteiger partial charge >= 0.3 is 0 Å². The second-order valence-electron chi connectivity index (χ2n) is 5.57. The molecule has 1 unspecified atom stereocenters. The van der Waals surface area contributed by atoms with Crippen LogP contribution in [0.15, 0.2) is 42.5 Å². The van der Waals surface area contributed by atoms with Crippen molar-refractivity contribution in [3.8, 4) is 6.07 Å². The largest absolute Gasteiger partial charge is 0.364 e. The van der Waals surface area contributed by atoms with Crippen LogP contribution in [0.2, 0.25) is 0 Å². The smallest absolute Gasteiger partial charge is 0.140 e. The third-order valence-electron chi connectivity index (χ3n) is 4.17. The maximum Gasteiger partial charge on any atom is 0.140 e. The summed E-state index contributed by atoms with van der Waals surface area (Å²) in [4.78, 5) is 2.34. The average molecular weight is 280 g/mol. The van der Waals surface area contributed by atoms with Crippen molar-refractivity contribution in [1.82, 2.24) is 0 Å². The van der Waals surface area contributed by atoms with E-state index >= 15 is 0 Å². The van der Waals surface area contributed by atoms with E-state index in [4.69, 9.17) is 5.26 Å². The molecule has 2 aromatic carbocycles. The van der Waals surface area contributed by atoms with Gasteiger partial charge in [-0.2, -0.15) is 5.26 Å². The molecule has 0 radical (unpaired) electrons. The van der Waals surface area contributed by atoms with Gasteiger partial charge in [0.2, 0.25) is 0 Å². The lowest BCUT2D eigenvalue weighted by atomic mass is 9.96. The molecule has 0 N–H and O–H groups in total. The first-order chi connectivity index (χ1) is 10.2. The van der Waals surface area contributed by atoms with E-state index in [0.717, 1.165) is 18.4 Å². The van der Waals surface area contributed by atoms with E-state index < -0.39 is 5.82 Å². The predicted octanol–water partition coefficient (Wildman–Crippen LogP) is 4.04. The number of anilines is 1. The van der Waals surface area contributed by atoms with Crippen molar-refractivity contribution < 1.29 is 4.39 Å². The van der Waals surface area contributed by atoms with Crippen LogP contribution < -0.4 is 4.90 Å². The molecule has 106 valence electrons. The monoisotopic (exact) mass is 280 g/mol. The predicted molar refractivity (Wildman–Crippen MR) is 81.5 cm³/mol. The molecule has 2 aromatic rings. The minimum absolute atomic E-state index is 0.116. The van der Waals surface area contributed by atoms with Crippen LogP contribution in [0.4, 0.5) is 10.1 Å². The van der Waals surface area contributed by atoms with Gasteiger partial charge in [0.05, 0.1) is 5.56 Å². The van der Waals surface area contributed by atoms with Gasteiger partial charge in [-0.05, 0) is 49.1 Å². The lowest BCUT2D eigenvalue weighted by Gasteiger charge is -2.37. The van der Waals surface area contributed by atoms with Crippen molar-refractivity contribution in [2.45, 2.75) is 32.4 Å². The number of fused-ring (bicyclic) bond motifs is 1. The summed E-state index contributed by atoms with van der Waals surface area (Å²) in [5.41, 5.74) is 3.69. The van der Waals surface area contributed by atoms with Crippen LogP contribution in [0.25, 0.3) is 0 Å². The van der Waals surface area contributed by atoms with Crippen molar-refractivity contribution in [2.24, 2.45) is 0 Å². The summed E-state index contributed by atoms with van der Waals surface area (Å²) >= 11 is 0. The molecule has 0 fully saturated rings. The number of nitrogens with zero attached hydrogens (tertiary/aromatic N) is 2. The van der Waals surface area contributed by atoms with E-state index in [0.29, 0.717) is 12.6 Å². The summed E-state index contributed by atoms with van der Waals surface area (Å²) in [6.45, 7) is 2.91. The highest BCUT2D eigenvalue weighted by Gasteiger charge is 2.22. The van der Waals surface area contributed by atoms with Crippen LogP contribution in [0.1, 0.15) is 30.0 Å². The number of nitriles is 1. The van der Waals surface area contributed by atoms with Gasteiger partial charge in [-0.15, -0.1) is 0 Å². The zero-order valence-electron chi connectivity index (χ0n) is 12.0. The zero-order valence-corrected chi connectivity index (χ0v) is 12.0. The second kappa shape index (κ2) is 5.57. The maximum absolute atomic E-state index is 13.4. The average Bonchev–Trinajstić information content (AvgIpc) is 2.52. The Bertz CT molecular complexity index is 703. The maximum atomic E-state index is 13.4. The first-order valence-electron chi connectivity index (χ1n) is 7.22. The molecule has 1 aliphatic heterocycles. The Kier molecular flexibility index (Phi) is 3.62. The summed E-state index contributed by atoms with van der Waals surface area (Å²) in [7, 11) is 0. The fourth-order valence-corrected chi connectivity index (χ4v) is 2.95. The van der Waals surface area contributed by atoms with E-state index in [1.807, 2.05) is 6.07 Å². The SMILES string of the molecule is CC1CCc2ccccc2N1Cc1ccc(F)c(C#N)c1. The van der Waals surface area contributed by atoms with Gasteiger partial charge in [-0.3, -0.25) is 0 Å². The minimum atomic E-state index is -0.451. The lowest BCUT2D eigenvalue weighted by molar-refractivity contribution is 0.559. The first kappa shape index (κ1) is 13.6. The second-order valence-corrected chi connectivity index (χ2v) is 5.57. The molecule has 1 atom stereocenters. The van der Waals surface area contributed by atoms with E-state index in [2.05, 4.69) is 36.1 Å². The van der Waals surface area contributed by atoms with Crippen LogP contribution >= 0.6 is 0 Å². The van der Waals surface area contributed by atoms with E-state index in [1.165, 1.54) is 17.3 Å². The molecule has 0 bridgehead atoms. The Morgan fingerprint density at radius 2 is 2.10 bits per heavy atom. The molecule has 3 rings (SSSR count). The number of benzene rings is 2. The molecule has 0 amide bonds. The van der Waals surface area contributed by atoms with Crippen LogP contribution in [0.3, 0.4) is 0 Å². The quantitative estimate of drug-likeness (QED) is 0.830. The van der Waals surface area contributed by atoms with Gasteiger partial charge in [-0.1, -0.05) is 24.3 Å². The normalized spacial score (nSPS) is 17.2. The molecule has 0 aromatic heterocycles. The summed E-state index contributed by atoms with van der Waals surface area (Å²) in [6, 6.07) is 15.6. The van der Waals surface area contributed by atoms with Crippen molar-refractivity contribution in [1.29, 1.82) is 5.26 Å². The summed E-state index contributed by atoms with van der Waals surface area (Å²) < 4.78 is 13.4. The van der Waals surface area contributed by atoms with Crippen LogP contribution in [0.5, 0.6) is 0 Å². The van der Waals surface area contributed by atoms with Gasteiger partial charge in [-0.25, -0.2) is 4.39 Å². The summed E-state index contributed by atoms with van der Waals surface area (Å²) in [5, 5.41) is 8.95. The molecule has 0 saturated carbocycles. The Hall–Kier alpha value is -2.34. The molecule has 3 heteroatoms. The van der Waals surface area contributed by atoms with Gasteiger partial charge in [0.1, 0.15) is 11.9 Å². The lowest BCUT2D eigenvalue weighted by Crippen LogP contribution is -2.36. The van der Waals surface area contributed by atoms with Gasteiger partial charge < -0.3 is 4.90 Å². The van der Waals surface area contributed by atoms with Crippen LogP contribution in [-0.4, -0.2) is 6.04 Å². The van der Waals surface area contributed by atoms with E-state index in [9.17, 15) is 4.39 Å². The molecule has 1 aliphatic rings. The van der Waals surface area contributed by atoms with Crippen molar-refractivity contribution in [2.75, 3.05) is 4.90 Å². The number of hydrogen-bond acceptors (Lipinski definition) is 2. The molecule has 21 heavy (non-hydrogen) atoms. The number of para-hydroxylation sites is 1. The Labute approximate surface area is 124 Å². The third-order valence-corrected chi connectivity index (χ3v) is 4.17. The molecule has 0 spiro atoms. The number of rotatable bonds is 2. The third kappa shape index (κ3) is 2.62. The van der Waals surface area contributed by atoms with Crippen molar-refractivity contribution in [3.05, 3.63) is 65.0 Å². The molecule has 1 heterocycles. The Morgan fingerprint density at radius 1 is 1.29 bits per heavy atom. The molecule has 0 saturated heterocycles. The minimum Gasteiger partial charge on any atom is -0.364 e. The molecular formula is C18H17FN2. The van der Waals surface area contributed by atoms with Gasteiger partial charge in [0, 0.05) is 18.3 Å². The standard InChI is InChI=1S/C18H17FN2/c1-13-6-8-15-4-2-3-5-18(15)21(13)12-14-7-9-17(19)16(10-14)11-20/h2-5,7,9-10,13H,6,8,12H2,1H3. The molecular weight excluding hydrogens is 263 g/mol. The van der Waals surface area contributed by atoms with Crippen molar-refractivity contribution in [3.63, 3.8) is 0 Å². The Balaban J connectivity index is 1.93. The fourth-order valence-electron chi connectivity index (χ4n) is 2.95. The number of hydrogen-bond donors (Lipinski definition) is 0. The van der Waals surface area contributed by atoms with Gasteiger partial charge in [0.25, 0.3) is 0 Å². The zero-order chi connectivity index (χ0) is 14.8. The van der Waals surface area contributed by atoms with Crippen LogP contribution in [-0.2, 0) is 13.0 Å². The van der Waals surface area contributed by atoms with Crippen LogP contribution in [0, 0.1) is 17.1 Å². The highest BCUT2D eigenvalue weighted by Crippen LogP contribution is 2.31. The first-order valence-corrected chi connectivity index (χ1v) is 7.22. The fraction of sp³-hybridized carbons (Fsp3) is 0.278. The number of aryl methyl sites for hydroxylation is 1. The molecule has 0 aliphatic carbocycles. The van der Waals surface area contributed by atoms with E-state index in [1.54, 1.807) is 12.1 Å². The van der Waals surface area contributed by atoms with Gasteiger partial charge in [0.15, 0.2) is 0 Å².